The minimum Gasteiger partial charge on any atom is -0.496 e. The van der Waals surface area contributed by atoms with Gasteiger partial charge in [-0.2, -0.15) is 0 Å². The number of hydrogen-bond acceptors (Lipinski definition) is 4. The number of carbonyl (C=O) groups is 1. The van der Waals surface area contributed by atoms with Gasteiger partial charge in [0.2, 0.25) is 6.79 Å². The van der Waals surface area contributed by atoms with Crippen LogP contribution in [0.2, 0.25) is 0 Å². The van der Waals surface area contributed by atoms with Crippen molar-refractivity contribution in [1.82, 2.24) is 5.32 Å². The smallest absolute Gasteiger partial charge is 0.255 e. The van der Waals surface area contributed by atoms with Gasteiger partial charge in [-0.15, -0.1) is 0 Å². The molecule has 0 bridgehead atoms. The van der Waals surface area contributed by atoms with E-state index >= 15 is 0 Å². The molecule has 0 unspecified atom stereocenters. The van der Waals surface area contributed by atoms with Gasteiger partial charge in [0.25, 0.3) is 5.91 Å². The van der Waals surface area contributed by atoms with Crippen LogP contribution >= 0.6 is 0 Å². The van der Waals surface area contributed by atoms with Crippen molar-refractivity contribution in [3.8, 4) is 17.2 Å². The highest BCUT2D eigenvalue weighted by Gasteiger charge is 2.15. The van der Waals surface area contributed by atoms with Gasteiger partial charge in [0, 0.05) is 6.54 Å². The third-order valence-electron chi connectivity index (χ3n) is 3.49. The fraction of sp³-hybridized carbons (Fsp3) is 0.235. The Morgan fingerprint density at radius 3 is 2.82 bits per heavy atom. The molecule has 0 saturated carbocycles. The molecule has 5 heteroatoms. The Hall–Kier alpha value is -2.69. The van der Waals surface area contributed by atoms with Gasteiger partial charge in [-0.25, -0.2) is 0 Å². The Labute approximate surface area is 128 Å². The summed E-state index contributed by atoms with van der Waals surface area (Å²) in [6.45, 7) is 2.59. The third kappa shape index (κ3) is 2.83. The van der Waals surface area contributed by atoms with Gasteiger partial charge in [-0.05, 0) is 36.8 Å². The first kappa shape index (κ1) is 14.3. The predicted molar refractivity (Wildman–Crippen MR) is 81.5 cm³/mol. The fourth-order valence-corrected chi connectivity index (χ4v) is 2.33. The molecule has 1 aliphatic heterocycles. The number of benzene rings is 2. The minimum absolute atomic E-state index is 0.168. The summed E-state index contributed by atoms with van der Waals surface area (Å²) in [4.78, 5) is 12.3. The molecule has 3 rings (SSSR count). The van der Waals surface area contributed by atoms with E-state index in [1.54, 1.807) is 13.2 Å². The van der Waals surface area contributed by atoms with Crippen molar-refractivity contribution in [3.63, 3.8) is 0 Å². The minimum atomic E-state index is -0.168. The Kier molecular flexibility index (Phi) is 3.87. The highest BCUT2D eigenvalue weighted by atomic mass is 16.7. The molecule has 5 nitrogen and oxygen atoms in total. The average Bonchev–Trinajstić information content (AvgIpc) is 3.00. The summed E-state index contributed by atoms with van der Waals surface area (Å²) in [6, 6.07) is 11.1. The number of methoxy groups -OCH3 is 1. The standard InChI is InChI=1S/C17H17NO4/c1-11-3-5-14(20-2)13(7-11)17(19)18-9-12-4-6-15-16(8-12)22-10-21-15/h3-8H,9-10H2,1-2H3,(H,18,19). The summed E-state index contributed by atoms with van der Waals surface area (Å²) in [5, 5.41) is 2.89. The first-order valence-electron chi connectivity index (χ1n) is 6.99. The second-order valence-electron chi connectivity index (χ2n) is 5.07. The maximum absolute atomic E-state index is 12.3. The SMILES string of the molecule is COc1ccc(C)cc1C(=O)NCc1ccc2c(c1)OCO2. The van der Waals surface area contributed by atoms with Gasteiger partial charge in [-0.3, -0.25) is 4.79 Å². The van der Waals surface area contributed by atoms with Gasteiger partial charge < -0.3 is 19.5 Å². The number of hydrogen-bond donors (Lipinski definition) is 1. The molecule has 1 amide bonds. The number of rotatable bonds is 4. The second kappa shape index (κ2) is 5.97. The molecule has 0 saturated heterocycles. The molecule has 2 aromatic carbocycles. The van der Waals surface area contributed by atoms with Crippen LogP contribution in [0.4, 0.5) is 0 Å². The van der Waals surface area contributed by atoms with Gasteiger partial charge in [0.1, 0.15) is 5.75 Å². The van der Waals surface area contributed by atoms with E-state index in [1.165, 1.54) is 0 Å². The number of fused-ring (bicyclic) bond motifs is 1. The molecular weight excluding hydrogens is 282 g/mol. The lowest BCUT2D eigenvalue weighted by Crippen LogP contribution is -2.23. The summed E-state index contributed by atoms with van der Waals surface area (Å²) in [5.41, 5.74) is 2.49. The second-order valence-corrected chi connectivity index (χ2v) is 5.07. The summed E-state index contributed by atoms with van der Waals surface area (Å²) < 4.78 is 15.8. The van der Waals surface area contributed by atoms with E-state index < -0.39 is 0 Å². The van der Waals surface area contributed by atoms with Crippen molar-refractivity contribution in [2.75, 3.05) is 13.9 Å². The molecule has 114 valence electrons. The zero-order valence-corrected chi connectivity index (χ0v) is 12.5. The van der Waals surface area contributed by atoms with E-state index in [-0.39, 0.29) is 12.7 Å². The van der Waals surface area contributed by atoms with Crippen molar-refractivity contribution < 1.29 is 19.0 Å². The zero-order valence-electron chi connectivity index (χ0n) is 12.5. The van der Waals surface area contributed by atoms with E-state index in [0.29, 0.717) is 23.6 Å². The molecule has 2 aromatic rings. The van der Waals surface area contributed by atoms with E-state index in [2.05, 4.69) is 5.32 Å². The lowest BCUT2D eigenvalue weighted by atomic mass is 10.1. The third-order valence-corrected chi connectivity index (χ3v) is 3.49. The zero-order chi connectivity index (χ0) is 15.5. The largest absolute Gasteiger partial charge is 0.496 e. The fourth-order valence-electron chi connectivity index (χ4n) is 2.33. The molecule has 22 heavy (non-hydrogen) atoms. The predicted octanol–water partition coefficient (Wildman–Crippen LogP) is 2.66. The molecule has 0 atom stereocenters. The molecule has 1 aliphatic rings. The van der Waals surface area contributed by atoms with Gasteiger partial charge in [0.15, 0.2) is 11.5 Å². The van der Waals surface area contributed by atoms with Crippen LogP contribution in [0.5, 0.6) is 17.2 Å². The number of nitrogens with one attached hydrogen (secondary N) is 1. The number of carbonyl (C=O) groups excluding carboxylic acids is 1. The van der Waals surface area contributed by atoms with E-state index in [4.69, 9.17) is 14.2 Å². The molecular formula is C17H17NO4. The van der Waals surface area contributed by atoms with Crippen LogP contribution in [-0.2, 0) is 6.54 Å². The monoisotopic (exact) mass is 299 g/mol. The lowest BCUT2D eigenvalue weighted by Gasteiger charge is -2.10. The average molecular weight is 299 g/mol. The molecule has 0 fully saturated rings. The van der Waals surface area contributed by atoms with Crippen molar-refractivity contribution in [1.29, 1.82) is 0 Å². The first-order valence-corrected chi connectivity index (χ1v) is 6.99. The van der Waals surface area contributed by atoms with Gasteiger partial charge >= 0.3 is 0 Å². The van der Waals surface area contributed by atoms with Crippen molar-refractivity contribution in [2.45, 2.75) is 13.5 Å². The maximum Gasteiger partial charge on any atom is 0.255 e. The van der Waals surface area contributed by atoms with Crippen molar-refractivity contribution in [2.24, 2.45) is 0 Å². The Morgan fingerprint density at radius 2 is 2.00 bits per heavy atom. The van der Waals surface area contributed by atoms with Gasteiger partial charge in [0.05, 0.1) is 12.7 Å². The van der Waals surface area contributed by atoms with E-state index in [9.17, 15) is 4.79 Å². The number of amides is 1. The molecule has 0 aliphatic carbocycles. The highest BCUT2D eigenvalue weighted by molar-refractivity contribution is 5.97. The Morgan fingerprint density at radius 1 is 1.18 bits per heavy atom. The van der Waals surface area contributed by atoms with Gasteiger partial charge in [-0.1, -0.05) is 17.7 Å². The Bertz CT molecular complexity index is 712. The summed E-state index contributed by atoms with van der Waals surface area (Å²) in [6.07, 6.45) is 0. The normalized spacial score (nSPS) is 12.1. The van der Waals surface area contributed by atoms with Crippen molar-refractivity contribution in [3.05, 3.63) is 53.1 Å². The maximum atomic E-state index is 12.3. The Balaban J connectivity index is 1.71. The van der Waals surface area contributed by atoms with Crippen LogP contribution in [0.3, 0.4) is 0 Å². The molecule has 1 heterocycles. The first-order chi connectivity index (χ1) is 10.7. The quantitative estimate of drug-likeness (QED) is 0.943. The topological polar surface area (TPSA) is 56.8 Å². The van der Waals surface area contributed by atoms with E-state index in [1.807, 2.05) is 37.3 Å². The van der Waals surface area contributed by atoms with Crippen LogP contribution in [0.25, 0.3) is 0 Å². The molecule has 0 aromatic heterocycles. The summed E-state index contributed by atoms with van der Waals surface area (Å²) >= 11 is 0. The lowest BCUT2D eigenvalue weighted by molar-refractivity contribution is 0.0947. The van der Waals surface area contributed by atoms with E-state index in [0.717, 1.165) is 16.9 Å². The van der Waals surface area contributed by atoms with Crippen LogP contribution in [0.1, 0.15) is 21.5 Å². The molecule has 0 spiro atoms. The van der Waals surface area contributed by atoms with Crippen LogP contribution in [0, 0.1) is 6.92 Å². The number of ether oxygens (including phenoxy) is 3. The van der Waals surface area contributed by atoms with Crippen LogP contribution in [-0.4, -0.2) is 19.8 Å². The molecule has 0 radical (unpaired) electrons. The highest BCUT2D eigenvalue weighted by Crippen LogP contribution is 2.32. The molecule has 1 N–H and O–H groups in total. The number of aryl methyl sites for hydroxylation is 1. The van der Waals surface area contributed by atoms with Crippen LogP contribution < -0.4 is 19.5 Å². The van der Waals surface area contributed by atoms with Crippen molar-refractivity contribution >= 4 is 5.91 Å². The van der Waals surface area contributed by atoms with Crippen LogP contribution in [0.15, 0.2) is 36.4 Å². The summed E-state index contributed by atoms with van der Waals surface area (Å²) in [7, 11) is 1.55. The summed E-state index contributed by atoms with van der Waals surface area (Å²) in [5.74, 6) is 1.84.